The van der Waals surface area contributed by atoms with Gasteiger partial charge in [0.2, 0.25) is 5.88 Å². The minimum Gasteiger partial charge on any atom is -0.481 e. The van der Waals surface area contributed by atoms with Gasteiger partial charge in [0.15, 0.2) is 0 Å². The van der Waals surface area contributed by atoms with Crippen molar-refractivity contribution in [3.05, 3.63) is 51.9 Å². The Kier molecular flexibility index (Phi) is 5.19. The van der Waals surface area contributed by atoms with Gasteiger partial charge in [-0.2, -0.15) is 0 Å². The number of aromatic nitrogens is 2. The van der Waals surface area contributed by atoms with E-state index >= 15 is 0 Å². The average Bonchev–Trinajstić information content (AvgIpc) is 2.45. The van der Waals surface area contributed by atoms with Crippen molar-refractivity contribution in [2.24, 2.45) is 0 Å². The highest BCUT2D eigenvalue weighted by atomic mass is 79.9. The van der Waals surface area contributed by atoms with Gasteiger partial charge in [0, 0.05) is 34.3 Å². The van der Waals surface area contributed by atoms with Gasteiger partial charge in [0.1, 0.15) is 18.0 Å². The van der Waals surface area contributed by atoms with Crippen LogP contribution in [0.2, 0.25) is 0 Å². The van der Waals surface area contributed by atoms with Gasteiger partial charge in [-0.15, -0.1) is 0 Å². The Hall–Kier alpha value is -1.60. The molecule has 7 heteroatoms. The molecular weight excluding hydrogens is 344 g/mol. The van der Waals surface area contributed by atoms with Crippen LogP contribution in [0.4, 0.5) is 8.78 Å². The van der Waals surface area contributed by atoms with Crippen molar-refractivity contribution in [2.75, 3.05) is 14.2 Å². The molecule has 2 aromatic rings. The Morgan fingerprint density at radius 1 is 1.24 bits per heavy atom. The van der Waals surface area contributed by atoms with Crippen molar-refractivity contribution in [3.8, 4) is 5.88 Å². The van der Waals surface area contributed by atoms with E-state index in [0.29, 0.717) is 22.5 Å². The van der Waals surface area contributed by atoms with E-state index in [2.05, 4.69) is 31.2 Å². The summed E-state index contributed by atoms with van der Waals surface area (Å²) < 4.78 is 33.4. The SMILES string of the molecule is CNC(Cc1cc(OC)ncn1)c1c(F)cc(Br)cc1F. The lowest BCUT2D eigenvalue weighted by Crippen LogP contribution is -2.22. The third-order valence-corrected chi connectivity index (χ3v) is 3.52. The summed E-state index contributed by atoms with van der Waals surface area (Å²) in [4.78, 5) is 7.99. The summed E-state index contributed by atoms with van der Waals surface area (Å²) >= 11 is 3.07. The van der Waals surface area contributed by atoms with Gasteiger partial charge in [-0.05, 0) is 19.2 Å². The van der Waals surface area contributed by atoms with Crippen molar-refractivity contribution in [2.45, 2.75) is 12.5 Å². The van der Waals surface area contributed by atoms with E-state index in [9.17, 15) is 8.78 Å². The van der Waals surface area contributed by atoms with Crippen molar-refractivity contribution in [3.63, 3.8) is 0 Å². The summed E-state index contributed by atoms with van der Waals surface area (Å²) in [7, 11) is 3.14. The number of nitrogens with zero attached hydrogens (tertiary/aromatic N) is 2. The lowest BCUT2D eigenvalue weighted by atomic mass is 10.0. The van der Waals surface area contributed by atoms with Crippen LogP contribution in [0.5, 0.6) is 5.88 Å². The molecule has 0 saturated heterocycles. The first-order chi connectivity index (χ1) is 10.0. The Bertz CT molecular complexity index is 616. The van der Waals surface area contributed by atoms with E-state index in [1.807, 2.05) is 0 Å². The molecule has 1 N–H and O–H groups in total. The number of nitrogens with one attached hydrogen (secondary N) is 1. The molecule has 1 unspecified atom stereocenters. The number of rotatable bonds is 5. The zero-order valence-corrected chi connectivity index (χ0v) is 13.1. The first kappa shape index (κ1) is 15.8. The second kappa shape index (κ2) is 6.91. The number of methoxy groups -OCH3 is 1. The van der Waals surface area contributed by atoms with Gasteiger partial charge in [-0.25, -0.2) is 18.7 Å². The monoisotopic (exact) mass is 357 g/mol. The van der Waals surface area contributed by atoms with Crippen LogP contribution in [0.3, 0.4) is 0 Å². The molecule has 21 heavy (non-hydrogen) atoms. The van der Waals surface area contributed by atoms with Crippen molar-refractivity contribution in [1.82, 2.24) is 15.3 Å². The van der Waals surface area contributed by atoms with E-state index in [1.54, 1.807) is 13.1 Å². The number of likely N-dealkylation sites (N-methyl/N-ethyl adjacent to an activating group) is 1. The topological polar surface area (TPSA) is 47.0 Å². The highest BCUT2D eigenvalue weighted by molar-refractivity contribution is 9.10. The maximum absolute atomic E-state index is 14.0. The summed E-state index contributed by atoms with van der Waals surface area (Å²) in [5.74, 6) is -0.809. The molecule has 0 aliphatic carbocycles. The molecule has 0 fully saturated rings. The van der Waals surface area contributed by atoms with Crippen LogP contribution in [-0.2, 0) is 6.42 Å². The molecule has 112 valence electrons. The fourth-order valence-electron chi connectivity index (χ4n) is 2.04. The highest BCUT2D eigenvalue weighted by Gasteiger charge is 2.20. The molecule has 0 bridgehead atoms. The summed E-state index contributed by atoms with van der Waals surface area (Å²) in [5.41, 5.74) is 0.612. The van der Waals surface area contributed by atoms with Crippen LogP contribution < -0.4 is 10.1 Å². The van der Waals surface area contributed by atoms with Crippen molar-refractivity contribution >= 4 is 15.9 Å². The molecule has 0 amide bonds. The molecule has 0 radical (unpaired) electrons. The quantitative estimate of drug-likeness (QED) is 0.893. The second-order valence-corrected chi connectivity index (χ2v) is 5.30. The van der Waals surface area contributed by atoms with E-state index < -0.39 is 17.7 Å². The molecule has 0 aliphatic heterocycles. The fraction of sp³-hybridized carbons (Fsp3) is 0.286. The van der Waals surface area contributed by atoms with Crippen LogP contribution >= 0.6 is 15.9 Å². The number of hydrogen-bond acceptors (Lipinski definition) is 4. The first-order valence-electron chi connectivity index (χ1n) is 6.21. The predicted octanol–water partition coefficient (Wildman–Crippen LogP) is 3.03. The summed E-state index contributed by atoms with van der Waals surface area (Å²) in [6.45, 7) is 0. The molecule has 0 saturated carbocycles. The lowest BCUT2D eigenvalue weighted by molar-refractivity contribution is 0.395. The van der Waals surface area contributed by atoms with Crippen LogP contribution in [0.25, 0.3) is 0 Å². The Morgan fingerprint density at radius 3 is 2.48 bits per heavy atom. The number of halogens is 3. The Morgan fingerprint density at radius 2 is 1.90 bits per heavy atom. The van der Waals surface area contributed by atoms with Crippen LogP contribution in [0.1, 0.15) is 17.3 Å². The minimum absolute atomic E-state index is 0.0155. The molecule has 0 spiro atoms. The number of benzene rings is 1. The lowest BCUT2D eigenvalue weighted by Gasteiger charge is -2.18. The molecule has 0 aliphatic rings. The molecule has 1 aromatic heterocycles. The van der Waals surface area contributed by atoms with Crippen molar-refractivity contribution < 1.29 is 13.5 Å². The fourth-order valence-corrected chi connectivity index (χ4v) is 2.45. The van der Waals surface area contributed by atoms with Gasteiger partial charge in [-0.3, -0.25) is 0 Å². The molecule has 1 heterocycles. The average molecular weight is 358 g/mol. The standard InChI is InChI=1S/C14H14BrF2N3O/c1-18-12(5-9-6-13(21-2)20-7-19-9)14-10(16)3-8(15)4-11(14)17/h3-4,6-7,12,18H,5H2,1-2H3. The second-order valence-electron chi connectivity index (χ2n) is 4.38. The van der Waals surface area contributed by atoms with Crippen molar-refractivity contribution in [1.29, 1.82) is 0 Å². The summed E-state index contributed by atoms with van der Waals surface area (Å²) in [6, 6.07) is 3.57. The van der Waals surface area contributed by atoms with Crippen LogP contribution in [0, 0.1) is 11.6 Å². The van der Waals surface area contributed by atoms with Crippen LogP contribution in [0.15, 0.2) is 29.0 Å². The van der Waals surface area contributed by atoms with Gasteiger partial charge in [0.05, 0.1) is 7.11 Å². The van der Waals surface area contributed by atoms with E-state index in [0.717, 1.165) is 0 Å². The normalized spacial score (nSPS) is 12.2. The summed E-state index contributed by atoms with van der Waals surface area (Å²) in [5, 5.41) is 2.91. The molecule has 1 aromatic carbocycles. The van der Waals surface area contributed by atoms with Gasteiger partial charge >= 0.3 is 0 Å². The van der Waals surface area contributed by atoms with Gasteiger partial charge < -0.3 is 10.1 Å². The molecule has 4 nitrogen and oxygen atoms in total. The maximum atomic E-state index is 14.0. The third kappa shape index (κ3) is 3.74. The maximum Gasteiger partial charge on any atom is 0.216 e. The first-order valence-corrected chi connectivity index (χ1v) is 7.01. The third-order valence-electron chi connectivity index (χ3n) is 3.06. The van der Waals surface area contributed by atoms with E-state index in [4.69, 9.17) is 4.74 Å². The zero-order valence-electron chi connectivity index (χ0n) is 11.5. The number of ether oxygens (including phenoxy) is 1. The molecule has 2 rings (SSSR count). The van der Waals surface area contributed by atoms with E-state index in [1.165, 1.54) is 25.6 Å². The smallest absolute Gasteiger partial charge is 0.216 e. The predicted molar refractivity (Wildman–Crippen MR) is 78.1 cm³/mol. The van der Waals surface area contributed by atoms with Gasteiger partial charge in [0.25, 0.3) is 0 Å². The largest absolute Gasteiger partial charge is 0.481 e. The van der Waals surface area contributed by atoms with E-state index in [-0.39, 0.29) is 5.56 Å². The van der Waals surface area contributed by atoms with Crippen LogP contribution in [-0.4, -0.2) is 24.1 Å². The summed E-state index contributed by atoms with van der Waals surface area (Å²) in [6.07, 6.45) is 1.67. The Balaban J connectivity index is 2.32. The highest BCUT2D eigenvalue weighted by Crippen LogP contribution is 2.27. The zero-order chi connectivity index (χ0) is 15.4. The molecular formula is C14H14BrF2N3O. The minimum atomic E-state index is -0.609. The Labute approximate surface area is 129 Å². The van der Waals surface area contributed by atoms with Gasteiger partial charge in [-0.1, -0.05) is 15.9 Å². The molecule has 1 atom stereocenters. The number of hydrogen-bond donors (Lipinski definition) is 1.